The van der Waals surface area contributed by atoms with E-state index in [2.05, 4.69) is 49.5 Å². The van der Waals surface area contributed by atoms with Crippen LogP contribution < -0.4 is 5.32 Å². The molecule has 0 saturated heterocycles. The van der Waals surface area contributed by atoms with Crippen LogP contribution in [-0.4, -0.2) is 7.05 Å². The Kier molecular flexibility index (Phi) is 4.05. The maximum atomic E-state index is 6.21. The molecule has 0 spiro atoms. The van der Waals surface area contributed by atoms with Crippen molar-refractivity contribution < 1.29 is 0 Å². The maximum absolute atomic E-state index is 6.21. The summed E-state index contributed by atoms with van der Waals surface area (Å²) in [6.45, 7) is 4.18. The topological polar surface area (TPSA) is 12.0 Å². The van der Waals surface area contributed by atoms with Crippen LogP contribution in [0.1, 0.15) is 28.3 Å². The smallest absolute Gasteiger partial charge is 0.0577 e. The molecule has 1 atom stereocenters. The summed E-state index contributed by atoms with van der Waals surface area (Å²) in [5, 5.41) is 4.19. The third-order valence-corrected chi connectivity index (χ3v) is 3.69. The molecule has 0 heterocycles. The van der Waals surface area contributed by atoms with Gasteiger partial charge >= 0.3 is 0 Å². The summed E-state index contributed by atoms with van der Waals surface area (Å²) in [7, 11) is 1.98. The molecule has 94 valence electrons. The molecule has 1 nitrogen and oxygen atoms in total. The van der Waals surface area contributed by atoms with Crippen LogP contribution in [0.3, 0.4) is 0 Å². The number of hydrogen-bond donors (Lipinski definition) is 1. The van der Waals surface area contributed by atoms with Gasteiger partial charge in [0.15, 0.2) is 0 Å². The van der Waals surface area contributed by atoms with Gasteiger partial charge in [-0.25, -0.2) is 0 Å². The molecular weight excluding hydrogens is 242 g/mol. The molecule has 0 aliphatic heterocycles. The Morgan fingerprint density at radius 2 is 1.78 bits per heavy atom. The summed E-state index contributed by atoms with van der Waals surface area (Å²) in [6, 6.07) is 14.8. The van der Waals surface area contributed by atoms with E-state index in [0.29, 0.717) is 0 Å². The molecule has 0 bridgehead atoms. The molecule has 2 aromatic rings. The molecule has 1 N–H and O–H groups in total. The lowest BCUT2D eigenvalue weighted by atomic mass is 9.94. The van der Waals surface area contributed by atoms with Crippen LogP contribution in [-0.2, 0) is 0 Å². The van der Waals surface area contributed by atoms with E-state index in [1.165, 1.54) is 16.7 Å². The predicted octanol–water partition coefficient (Wildman–Crippen LogP) is 4.27. The van der Waals surface area contributed by atoms with Crippen LogP contribution >= 0.6 is 11.6 Å². The Morgan fingerprint density at radius 3 is 2.44 bits per heavy atom. The van der Waals surface area contributed by atoms with Crippen molar-refractivity contribution in [1.29, 1.82) is 0 Å². The molecule has 0 saturated carbocycles. The molecule has 0 radical (unpaired) electrons. The number of aryl methyl sites for hydroxylation is 1. The summed E-state index contributed by atoms with van der Waals surface area (Å²) >= 11 is 6.21. The maximum Gasteiger partial charge on any atom is 0.0577 e. The van der Waals surface area contributed by atoms with Crippen molar-refractivity contribution in [2.45, 2.75) is 19.9 Å². The average molecular weight is 260 g/mol. The lowest BCUT2D eigenvalue weighted by molar-refractivity contribution is 0.687. The van der Waals surface area contributed by atoms with Crippen molar-refractivity contribution in [3.8, 4) is 0 Å². The van der Waals surface area contributed by atoms with E-state index in [1.54, 1.807) is 0 Å². The van der Waals surface area contributed by atoms with Gasteiger partial charge in [-0.15, -0.1) is 0 Å². The fraction of sp³-hybridized carbons (Fsp3) is 0.250. The van der Waals surface area contributed by atoms with E-state index in [0.717, 1.165) is 10.6 Å². The summed E-state index contributed by atoms with van der Waals surface area (Å²) in [5.74, 6) is 0. The molecule has 2 heteroatoms. The number of benzene rings is 2. The Hall–Kier alpha value is -1.31. The van der Waals surface area contributed by atoms with Gasteiger partial charge in [0.2, 0.25) is 0 Å². The van der Waals surface area contributed by atoms with Crippen molar-refractivity contribution in [2.75, 3.05) is 7.05 Å². The highest BCUT2D eigenvalue weighted by Gasteiger charge is 2.15. The number of hydrogen-bond acceptors (Lipinski definition) is 1. The molecule has 2 aromatic carbocycles. The Balaban J connectivity index is 2.49. The highest BCUT2D eigenvalue weighted by molar-refractivity contribution is 6.31. The number of halogens is 1. The highest BCUT2D eigenvalue weighted by atomic mass is 35.5. The van der Waals surface area contributed by atoms with E-state index in [4.69, 9.17) is 11.6 Å². The molecule has 0 aliphatic rings. The standard InChI is InChI=1S/C16H18ClN/c1-11-6-4-7-13(10-11)16(18-3)14-8-5-9-15(17)12(14)2/h4-10,16,18H,1-3H3. The van der Waals surface area contributed by atoms with E-state index in [9.17, 15) is 0 Å². The van der Waals surface area contributed by atoms with Crippen LogP contribution in [0.25, 0.3) is 0 Å². The summed E-state index contributed by atoms with van der Waals surface area (Å²) in [6.07, 6.45) is 0. The van der Waals surface area contributed by atoms with Crippen molar-refractivity contribution in [3.63, 3.8) is 0 Å². The minimum atomic E-state index is 0.184. The molecular formula is C16H18ClN. The van der Waals surface area contributed by atoms with Gasteiger partial charge in [-0.2, -0.15) is 0 Å². The van der Waals surface area contributed by atoms with Crippen LogP contribution in [0, 0.1) is 13.8 Å². The highest BCUT2D eigenvalue weighted by Crippen LogP contribution is 2.28. The normalized spacial score (nSPS) is 12.4. The van der Waals surface area contributed by atoms with Gasteiger partial charge in [-0.1, -0.05) is 53.6 Å². The number of nitrogens with one attached hydrogen (secondary N) is 1. The monoisotopic (exact) mass is 259 g/mol. The van der Waals surface area contributed by atoms with E-state index in [1.807, 2.05) is 19.2 Å². The van der Waals surface area contributed by atoms with Gasteiger partial charge in [0, 0.05) is 5.02 Å². The molecule has 0 aliphatic carbocycles. The Labute approximate surface area is 114 Å². The minimum Gasteiger partial charge on any atom is -0.309 e. The fourth-order valence-corrected chi connectivity index (χ4v) is 2.47. The first-order valence-corrected chi connectivity index (χ1v) is 6.50. The molecule has 18 heavy (non-hydrogen) atoms. The third-order valence-electron chi connectivity index (χ3n) is 3.28. The lowest BCUT2D eigenvalue weighted by Gasteiger charge is -2.20. The lowest BCUT2D eigenvalue weighted by Crippen LogP contribution is -2.18. The molecule has 1 unspecified atom stereocenters. The van der Waals surface area contributed by atoms with Gasteiger partial charge in [-0.05, 0) is 43.7 Å². The summed E-state index contributed by atoms with van der Waals surface area (Å²) in [4.78, 5) is 0. The molecule has 0 aromatic heterocycles. The second kappa shape index (κ2) is 5.55. The second-order valence-electron chi connectivity index (χ2n) is 4.59. The Morgan fingerprint density at radius 1 is 1.06 bits per heavy atom. The van der Waals surface area contributed by atoms with E-state index >= 15 is 0 Å². The third kappa shape index (κ3) is 2.58. The zero-order valence-electron chi connectivity index (χ0n) is 11.0. The van der Waals surface area contributed by atoms with Crippen molar-refractivity contribution >= 4 is 11.6 Å². The van der Waals surface area contributed by atoms with Gasteiger partial charge in [0.1, 0.15) is 0 Å². The summed E-state index contributed by atoms with van der Waals surface area (Å²) in [5.41, 5.74) is 4.91. The van der Waals surface area contributed by atoms with Crippen LogP contribution in [0.5, 0.6) is 0 Å². The minimum absolute atomic E-state index is 0.184. The number of rotatable bonds is 3. The van der Waals surface area contributed by atoms with Gasteiger partial charge in [0.05, 0.1) is 6.04 Å². The SMILES string of the molecule is CNC(c1cccc(C)c1)c1cccc(Cl)c1C. The Bertz CT molecular complexity index is 549. The first-order valence-electron chi connectivity index (χ1n) is 6.12. The second-order valence-corrected chi connectivity index (χ2v) is 5.00. The summed E-state index contributed by atoms with van der Waals surface area (Å²) < 4.78 is 0. The van der Waals surface area contributed by atoms with Crippen molar-refractivity contribution in [3.05, 3.63) is 69.7 Å². The van der Waals surface area contributed by atoms with Gasteiger partial charge in [0.25, 0.3) is 0 Å². The van der Waals surface area contributed by atoms with Crippen molar-refractivity contribution in [2.24, 2.45) is 0 Å². The zero-order chi connectivity index (χ0) is 13.1. The zero-order valence-corrected chi connectivity index (χ0v) is 11.8. The van der Waals surface area contributed by atoms with Crippen molar-refractivity contribution in [1.82, 2.24) is 5.32 Å². The predicted molar refractivity (Wildman–Crippen MR) is 78.3 cm³/mol. The fourth-order valence-electron chi connectivity index (χ4n) is 2.29. The van der Waals surface area contributed by atoms with E-state index in [-0.39, 0.29) is 6.04 Å². The molecule has 0 fully saturated rings. The van der Waals surface area contributed by atoms with Gasteiger partial charge < -0.3 is 5.32 Å². The quantitative estimate of drug-likeness (QED) is 0.868. The first-order chi connectivity index (χ1) is 8.63. The molecule has 2 rings (SSSR count). The van der Waals surface area contributed by atoms with Crippen LogP contribution in [0.2, 0.25) is 5.02 Å². The van der Waals surface area contributed by atoms with E-state index < -0.39 is 0 Å². The van der Waals surface area contributed by atoms with Crippen LogP contribution in [0.4, 0.5) is 0 Å². The van der Waals surface area contributed by atoms with Gasteiger partial charge in [-0.3, -0.25) is 0 Å². The first kappa shape index (κ1) is 13.1. The van der Waals surface area contributed by atoms with Crippen LogP contribution in [0.15, 0.2) is 42.5 Å². The largest absolute Gasteiger partial charge is 0.309 e. The average Bonchev–Trinajstić information content (AvgIpc) is 2.35. The molecule has 0 amide bonds.